The zero-order valence-electron chi connectivity index (χ0n) is 18.0. The van der Waals surface area contributed by atoms with E-state index in [4.69, 9.17) is 27.9 Å². The van der Waals surface area contributed by atoms with Crippen molar-refractivity contribution in [3.05, 3.63) is 98.0 Å². The van der Waals surface area contributed by atoms with Gasteiger partial charge in [-0.15, -0.1) is 0 Å². The van der Waals surface area contributed by atoms with Gasteiger partial charge in [0, 0.05) is 5.69 Å². The number of carbonyl (C=O) groups is 1. The lowest BCUT2D eigenvalue weighted by molar-refractivity contribution is -0.112. The fourth-order valence-corrected chi connectivity index (χ4v) is 3.63. The van der Waals surface area contributed by atoms with Gasteiger partial charge in [-0.1, -0.05) is 65.2 Å². The van der Waals surface area contributed by atoms with Gasteiger partial charge in [-0.2, -0.15) is 5.26 Å². The third kappa shape index (κ3) is 5.91. The summed E-state index contributed by atoms with van der Waals surface area (Å²) in [6.45, 7) is 6.15. The number of carbonyl (C=O) groups excluding carboxylic acids is 1. The molecule has 0 saturated heterocycles. The van der Waals surface area contributed by atoms with E-state index in [0.29, 0.717) is 33.7 Å². The Bertz CT molecular complexity index is 1200. The van der Waals surface area contributed by atoms with Crippen LogP contribution in [0.2, 0.25) is 10.0 Å². The van der Waals surface area contributed by atoms with Crippen LogP contribution in [0.1, 0.15) is 27.8 Å². The number of anilines is 1. The van der Waals surface area contributed by atoms with Crippen molar-refractivity contribution in [3.63, 3.8) is 0 Å². The van der Waals surface area contributed by atoms with Gasteiger partial charge in [0.25, 0.3) is 5.91 Å². The van der Waals surface area contributed by atoms with Crippen LogP contribution < -0.4 is 10.1 Å². The second-order valence-corrected chi connectivity index (χ2v) is 8.34. The molecule has 0 radical (unpaired) electrons. The summed E-state index contributed by atoms with van der Waals surface area (Å²) in [5.41, 5.74) is 5.18. The number of ether oxygens (including phenoxy) is 1. The fraction of sp³-hybridized carbons (Fsp3) is 0.154. The zero-order chi connectivity index (χ0) is 23.3. The first-order valence-electron chi connectivity index (χ1n) is 9.94. The number of hydrogen-bond donors (Lipinski definition) is 1. The Morgan fingerprint density at radius 1 is 1.00 bits per heavy atom. The number of amides is 1. The topological polar surface area (TPSA) is 62.1 Å². The second kappa shape index (κ2) is 10.4. The van der Waals surface area contributed by atoms with Crippen LogP contribution in [0.3, 0.4) is 0 Å². The van der Waals surface area contributed by atoms with Crippen molar-refractivity contribution >= 4 is 40.9 Å². The van der Waals surface area contributed by atoms with Crippen molar-refractivity contribution in [2.75, 3.05) is 5.32 Å². The number of halogens is 2. The quantitative estimate of drug-likeness (QED) is 0.314. The molecule has 162 valence electrons. The molecule has 1 amide bonds. The maximum atomic E-state index is 12.6. The van der Waals surface area contributed by atoms with E-state index in [9.17, 15) is 10.1 Å². The van der Waals surface area contributed by atoms with E-state index in [1.54, 1.807) is 12.1 Å². The Morgan fingerprint density at radius 3 is 2.25 bits per heavy atom. The first kappa shape index (κ1) is 23.4. The molecule has 0 aromatic heterocycles. The molecule has 0 aliphatic carbocycles. The Hall–Kier alpha value is -3.26. The maximum Gasteiger partial charge on any atom is 0.266 e. The summed E-state index contributed by atoms with van der Waals surface area (Å²) in [4.78, 5) is 12.6. The molecule has 3 aromatic carbocycles. The van der Waals surface area contributed by atoms with Crippen molar-refractivity contribution in [1.82, 2.24) is 0 Å². The molecule has 0 aliphatic rings. The fourth-order valence-electron chi connectivity index (χ4n) is 3.02. The highest BCUT2D eigenvalue weighted by molar-refractivity contribution is 6.37. The number of hydrogen-bond acceptors (Lipinski definition) is 3. The SMILES string of the molecule is Cc1ccc(COc2c(Cl)cc(/C=C(\C#N)C(=O)Nc3cc(C)ccc3C)cc2Cl)cc1. The van der Waals surface area contributed by atoms with Crippen LogP contribution in [0.25, 0.3) is 6.08 Å². The summed E-state index contributed by atoms with van der Waals surface area (Å²) in [5, 5.41) is 12.9. The summed E-state index contributed by atoms with van der Waals surface area (Å²) in [7, 11) is 0. The Labute approximate surface area is 198 Å². The first-order chi connectivity index (χ1) is 15.3. The molecule has 0 spiro atoms. The number of rotatable bonds is 6. The van der Waals surface area contributed by atoms with Crippen LogP contribution >= 0.6 is 23.2 Å². The molecule has 0 atom stereocenters. The van der Waals surface area contributed by atoms with Gasteiger partial charge >= 0.3 is 0 Å². The van der Waals surface area contributed by atoms with Gasteiger partial charge in [0.2, 0.25) is 0 Å². The third-order valence-electron chi connectivity index (χ3n) is 4.84. The molecule has 4 nitrogen and oxygen atoms in total. The van der Waals surface area contributed by atoms with Crippen molar-refractivity contribution in [1.29, 1.82) is 5.26 Å². The van der Waals surface area contributed by atoms with Gasteiger partial charge in [-0.25, -0.2) is 0 Å². The van der Waals surface area contributed by atoms with E-state index in [2.05, 4.69) is 5.32 Å². The monoisotopic (exact) mass is 464 g/mol. The van der Waals surface area contributed by atoms with Gasteiger partial charge in [-0.05, 0) is 67.3 Å². The smallest absolute Gasteiger partial charge is 0.266 e. The standard InChI is InChI=1S/C26H22Cl2N2O2/c1-16-5-8-19(9-6-16)15-32-25-22(27)12-20(13-23(25)28)11-21(14-29)26(31)30-24-10-17(2)4-7-18(24)3/h4-13H,15H2,1-3H3,(H,30,31)/b21-11+. The predicted octanol–water partition coefficient (Wildman–Crippen LogP) is 7.04. The highest BCUT2D eigenvalue weighted by Crippen LogP contribution is 2.35. The van der Waals surface area contributed by atoms with E-state index in [1.165, 1.54) is 6.08 Å². The molecule has 0 fully saturated rings. The van der Waals surface area contributed by atoms with Gasteiger partial charge < -0.3 is 10.1 Å². The van der Waals surface area contributed by atoms with Crippen LogP contribution in [0.5, 0.6) is 5.75 Å². The largest absolute Gasteiger partial charge is 0.486 e. The number of nitriles is 1. The summed E-state index contributed by atoms with van der Waals surface area (Å²) >= 11 is 12.8. The lowest BCUT2D eigenvalue weighted by Gasteiger charge is -2.12. The van der Waals surface area contributed by atoms with E-state index < -0.39 is 5.91 Å². The molecule has 0 heterocycles. The first-order valence-corrected chi connectivity index (χ1v) is 10.7. The van der Waals surface area contributed by atoms with Crippen molar-refractivity contribution in [3.8, 4) is 11.8 Å². The highest BCUT2D eigenvalue weighted by Gasteiger charge is 2.14. The Kier molecular flexibility index (Phi) is 7.58. The van der Waals surface area contributed by atoms with E-state index >= 15 is 0 Å². The Balaban J connectivity index is 1.78. The molecule has 1 N–H and O–H groups in total. The Morgan fingerprint density at radius 2 is 1.62 bits per heavy atom. The van der Waals surface area contributed by atoms with Crippen LogP contribution in [-0.2, 0) is 11.4 Å². The van der Waals surface area contributed by atoms with Crippen molar-refractivity contribution < 1.29 is 9.53 Å². The van der Waals surface area contributed by atoms with Gasteiger partial charge in [0.15, 0.2) is 5.75 Å². The summed E-state index contributed by atoms with van der Waals surface area (Å²) in [6.07, 6.45) is 1.45. The normalized spacial score (nSPS) is 11.1. The lowest BCUT2D eigenvalue weighted by atomic mass is 10.1. The van der Waals surface area contributed by atoms with Gasteiger partial charge in [0.1, 0.15) is 18.2 Å². The maximum absolute atomic E-state index is 12.6. The molecule has 32 heavy (non-hydrogen) atoms. The highest BCUT2D eigenvalue weighted by atomic mass is 35.5. The molecule has 0 aliphatic heterocycles. The zero-order valence-corrected chi connectivity index (χ0v) is 19.5. The van der Waals surface area contributed by atoms with E-state index in [1.807, 2.05) is 69.3 Å². The average Bonchev–Trinajstić information content (AvgIpc) is 2.75. The van der Waals surface area contributed by atoms with Gasteiger partial charge in [0.05, 0.1) is 10.0 Å². The van der Waals surface area contributed by atoms with Crippen LogP contribution in [0.4, 0.5) is 5.69 Å². The van der Waals surface area contributed by atoms with Gasteiger partial charge in [-0.3, -0.25) is 4.79 Å². The summed E-state index contributed by atoms with van der Waals surface area (Å²) in [5.74, 6) is -0.155. The minimum absolute atomic E-state index is 0.0636. The molecule has 3 rings (SSSR count). The molecule has 0 bridgehead atoms. The van der Waals surface area contributed by atoms with Crippen molar-refractivity contribution in [2.45, 2.75) is 27.4 Å². The minimum atomic E-state index is -0.506. The third-order valence-corrected chi connectivity index (χ3v) is 5.40. The second-order valence-electron chi connectivity index (χ2n) is 7.53. The summed E-state index contributed by atoms with van der Waals surface area (Å²) < 4.78 is 5.80. The lowest BCUT2D eigenvalue weighted by Crippen LogP contribution is -2.14. The molecule has 3 aromatic rings. The average molecular weight is 465 g/mol. The molecular formula is C26H22Cl2N2O2. The molecule has 0 unspecified atom stereocenters. The van der Waals surface area contributed by atoms with Crippen molar-refractivity contribution in [2.24, 2.45) is 0 Å². The van der Waals surface area contributed by atoms with E-state index in [-0.39, 0.29) is 5.57 Å². The van der Waals surface area contributed by atoms with Crippen LogP contribution in [0.15, 0.2) is 60.2 Å². The number of benzene rings is 3. The molecule has 6 heteroatoms. The van der Waals surface area contributed by atoms with E-state index in [0.717, 1.165) is 22.3 Å². The molecule has 0 saturated carbocycles. The van der Waals surface area contributed by atoms with Crippen LogP contribution in [0, 0.1) is 32.1 Å². The number of nitrogens with one attached hydrogen (secondary N) is 1. The summed E-state index contributed by atoms with van der Waals surface area (Å²) in [6, 6.07) is 18.8. The number of nitrogens with zero attached hydrogens (tertiary/aromatic N) is 1. The predicted molar refractivity (Wildman–Crippen MR) is 130 cm³/mol. The number of aryl methyl sites for hydroxylation is 3. The molecular weight excluding hydrogens is 443 g/mol. The van der Waals surface area contributed by atoms with Crippen LogP contribution in [-0.4, -0.2) is 5.91 Å². The minimum Gasteiger partial charge on any atom is -0.486 e.